The number of hydrogen-bond donors (Lipinski definition) is 0. The van der Waals surface area contributed by atoms with Crippen molar-refractivity contribution < 1.29 is 14.4 Å². The van der Waals surface area contributed by atoms with Crippen LogP contribution in [0, 0.1) is 17.0 Å². The van der Waals surface area contributed by atoms with Gasteiger partial charge in [0.15, 0.2) is 11.9 Å². The molecule has 6 nitrogen and oxygen atoms in total. The molecule has 22 heavy (non-hydrogen) atoms. The lowest BCUT2D eigenvalue weighted by Gasteiger charge is -2.13. The quantitative estimate of drug-likeness (QED) is 0.640. The van der Waals surface area contributed by atoms with Crippen LogP contribution in [-0.4, -0.2) is 16.5 Å². The second kappa shape index (κ2) is 4.43. The molecule has 2 aliphatic rings. The molecule has 1 spiro atoms. The molecule has 0 bridgehead atoms. The lowest BCUT2D eigenvalue weighted by molar-refractivity contribution is -0.389. The van der Waals surface area contributed by atoms with Gasteiger partial charge >= 0.3 is 5.82 Å². The van der Waals surface area contributed by atoms with E-state index >= 15 is 0 Å². The predicted molar refractivity (Wildman–Crippen MR) is 78.6 cm³/mol. The van der Waals surface area contributed by atoms with Gasteiger partial charge in [-0.1, -0.05) is 6.07 Å². The monoisotopic (exact) mass is 298 g/mol. The van der Waals surface area contributed by atoms with Crippen LogP contribution in [-0.2, 0) is 5.41 Å². The maximum atomic E-state index is 10.6. The molecule has 0 unspecified atom stereocenters. The highest BCUT2D eigenvalue weighted by atomic mass is 16.6. The van der Waals surface area contributed by atoms with Crippen molar-refractivity contribution in [1.29, 1.82) is 0 Å². The first kappa shape index (κ1) is 13.1. The summed E-state index contributed by atoms with van der Waals surface area (Å²) in [7, 11) is 0. The minimum atomic E-state index is -0.527. The second-order valence-electron chi connectivity index (χ2n) is 5.86. The molecule has 6 heteroatoms. The van der Waals surface area contributed by atoms with Crippen LogP contribution >= 0.6 is 0 Å². The minimum Gasteiger partial charge on any atom is -0.492 e. The largest absolute Gasteiger partial charge is 0.492 e. The number of fused-ring (bicyclic) bond motifs is 2. The molecule has 0 atom stereocenters. The topological polar surface area (TPSA) is 74.5 Å². The van der Waals surface area contributed by atoms with Gasteiger partial charge < -0.3 is 19.6 Å². The van der Waals surface area contributed by atoms with Crippen molar-refractivity contribution in [2.45, 2.75) is 25.2 Å². The zero-order chi connectivity index (χ0) is 15.3. The van der Waals surface area contributed by atoms with E-state index < -0.39 is 4.92 Å². The normalized spacial score (nSPS) is 17.0. The highest BCUT2D eigenvalue weighted by Gasteiger charge is 2.53. The molecule has 1 aliphatic heterocycles. The molecule has 4 rings (SSSR count). The van der Waals surface area contributed by atoms with E-state index in [0.717, 1.165) is 35.5 Å². The highest BCUT2D eigenvalue weighted by molar-refractivity contribution is 5.59. The predicted octanol–water partition coefficient (Wildman–Crippen LogP) is 3.51. The van der Waals surface area contributed by atoms with Gasteiger partial charge in [0.2, 0.25) is 0 Å². The minimum absolute atomic E-state index is 0.102. The molecule has 1 aliphatic carbocycles. The Morgan fingerprint density at radius 1 is 1.32 bits per heavy atom. The molecule has 0 saturated heterocycles. The Morgan fingerprint density at radius 3 is 2.77 bits per heavy atom. The Balaban J connectivity index is 1.70. The molecule has 1 aromatic heterocycles. The number of hydrogen-bond acceptors (Lipinski definition) is 5. The zero-order valence-electron chi connectivity index (χ0n) is 12.0. The summed E-state index contributed by atoms with van der Waals surface area (Å²) in [4.78, 5) is 13.9. The van der Waals surface area contributed by atoms with Gasteiger partial charge in [-0.3, -0.25) is 0 Å². The van der Waals surface area contributed by atoms with Crippen LogP contribution in [0.4, 0.5) is 5.82 Å². The van der Waals surface area contributed by atoms with Gasteiger partial charge in [0.25, 0.3) is 0 Å². The lowest BCUT2D eigenvalue weighted by atomic mass is 9.95. The first-order valence-electron chi connectivity index (χ1n) is 7.14. The number of nitro groups is 1. The van der Waals surface area contributed by atoms with Crippen molar-refractivity contribution in [3.05, 3.63) is 51.7 Å². The molecule has 1 fully saturated rings. The lowest BCUT2D eigenvalue weighted by Crippen LogP contribution is -2.08. The molecule has 0 N–H and O–H groups in total. The smallest absolute Gasteiger partial charge is 0.363 e. The zero-order valence-corrected chi connectivity index (χ0v) is 12.0. The van der Waals surface area contributed by atoms with Gasteiger partial charge in [0, 0.05) is 17.0 Å². The van der Waals surface area contributed by atoms with Gasteiger partial charge in [-0.05, 0) is 47.4 Å². The number of ether oxygens (including phenoxy) is 2. The first-order valence-corrected chi connectivity index (χ1v) is 7.14. The van der Waals surface area contributed by atoms with Gasteiger partial charge in [0.1, 0.15) is 11.5 Å². The van der Waals surface area contributed by atoms with E-state index in [1.807, 2.05) is 19.1 Å². The summed E-state index contributed by atoms with van der Waals surface area (Å²) in [6.07, 6.45) is 3.59. The van der Waals surface area contributed by atoms with Crippen LogP contribution < -0.4 is 9.47 Å². The average Bonchev–Trinajstić information content (AvgIpc) is 3.17. The van der Waals surface area contributed by atoms with Gasteiger partial charge in [0.05, 0.1) is 6.61 Å². The second-order valence-corrected chi connectivity index (χ2v) is 5.86. The van der Waals surface area contributed by atoms with E-state index in [0.29, 0.717) is 12.4 Å². The molecule has 1 saturated carbocycles. The van der Waals surface area contributed by atoms with Crippen LogP contribution in [0.2, 0.25) is 0 Å². The summed E-state index contributed by atoms with van der Waals surface area (Å²) in [5.74, 6) is 1.97. The number of rotatable bonds is 3. The van der Waals surface area contributed by atoms with Crippen LogP contribution in [0.5, 0.6) is 17.2 Å². The van der Waals surface area contributed by atoms with Gasteiger partial charge in [-0.15, -0.1) is 0 Å². The average molecular weight is 298 g/mol. The Kier molecular flexibility index (Phi) is 2.63. The van der Waals surface area contributed by atoms with Crippen LogP contribution in [0.25, 0.3) is 0 Å². The SMILES string of the molecule is Cc1ccc(Oc2ccc([N+](=O)[O-])nc2)c2c1OCC21CC1. The fraction of sp³-hybridized carbons (Fsp3) is 0.312. The van der Waals surface area contributed by atoms with Crippen molar-refractivity contribution >= 4 is 5.82 Å². The number of nitrogens with zero attached hydrogens (tertiary/aromatic N) is 2. The summed E-state index contributed by atoms with van der Waals surface area (Å²) in [6, 6.07) is 6.80. The third-order valence-corrected chi connectivity index (χ3v) is 4.33. The van der Waals surface area contributed by atoms with E-state index in [-0.39, 0.29) is 11.2 Å². The van der Waals surface area contributed by atoms with Crippen molar-refractivity contribution in [3.8, 4) is 17.2 Å². The van der Waals surface area contributed by atoms with Crippen molar-refractivity contribution in [3.63, 3.8) is 0 Å². The Hall–Kier alpha value is -2.63. The van der Waals surface area contributed by atoms with Crippen LogP contribution in [0.15, 0.2) is 30.5 Å². The third-order valence-electron chi connectivity index (χ3n) is 4.33. The summed E-state index contributed by atoms with van der Waals surface area (Å²) in [5, 5.41) is 10.6. The first-order chi connectivity index (χ1) is 10.6. The Morgan fingerprint density at radius 2 is 2.14 bits per heavy atom. The molecule has 0 radical (unpaired) electrons. The van der Waals surface area contributed by atoms with E-state index in [1.165, 1.54) is 12.3 Å². The fourth-order valence-electron chi connectivity index (χ4n) is 2.94. The van der Waals surface area contributed by atoms with Gasteiger partial charge in [-0.25, -0.2) is 0 Å². The molecule has 2 aromatic rings. The molecule has 2 heterocycles. The maximum Gasteiger partial charge on any atom is 0.363 e. The van der Waals surface area contributed by atoms with E-state index in [2.05, 4.69) is 4.98 Å². The van der Waals surface area contributed by atoms with E-state index in [1.54, 1.807) is 6.07 Å². The van der Waals surface area contributed by atoms with Crippen molar-refractivity contribution in [2.24, 2.45) is 0 Å². The molecular weight excluding hydrogens is 284 g/mol. The number of pyridine rings is 1. The van der Waals surface area contributed by atoms with Crippen molar-refractivity contribution in [1.82, 2.24) is 4.98 Å². The van der Waals surface area contributed by atoms with Crippen LogP contribution in [0.3, 0.4) is 0 Å². The molecule has 0 amide bonds. The summed E-state index contributed by atoms with van der Waals surface area (Å²) >= 11 is 0. The fourth-order valence-corrected chi connectivity index (χ4v) is 2.94. The summed E-state index contributed by atoms with van der Waals surface area (Å²) in [6.45, 7) is 2.74. The molecule has 1 aromatic carbocycles. The standard InChI is InChI=1S/C16H14N2O4/c1-10-2-4-12(14-15(10)21-9-16(14)6-7-16)22-11-3-5-13(17-8-11)18(19)20/h2-5,8H,6-7,9H2,1H3. The van der Waals surface area contributed by atoms with E-state index in [9.17, 15) is 10.1 Å². The molecule has 112 valence electrons. The number of aryl methyl sites for hydroxylation is 1. The van der Waals surface area contributed by atoms with Crippen molar-refractivity contribution in [2.75, 3.05) is 6.61 Å². The Labute approximate surface area is 126 Å². The third kappa shape index (κ3) is 1.91. The van der Waals surface area contributed by atoms with E-state index in [4.69, 9.17) is 9.47 Å². The highest BCUT2D eigenvalue weighted by Crippen LogP contribution is 2.59. The Bertz CT molecular complexity index is 766. The van der Waals surface area contributed by atoms with Gasteiger partial charge in [-0.2, -0.15) is 0 Å². The number of aromatic nitrogens is 1. The number of benzene rings is 1. The maximum absolute atomic E-state index is 10.6. The molecular formula is C16H14N2O4. The summed E-state index contributed by atoms with van der Waals surface area (Å²) in [5.41, 5.74) is 2.34. The van der Waals surface area contributed by atoms with Crippen LogP contribution in [0.1, 0.15) is 24.0 Å². The summed E-state index contributed by atoms with van der Waals surface area (Å²) < 4.78 is 11.8.